The van der Waals surface area contributed by atoms with Crippen molar-refractivity contribution in [1.82, 2.24) is 9.21 Å². The number of hydrogen-bond acceptors (Lipinski definition) is 3. The molecule has 0 saturated carbocycles. The van der Waals surface area contributed by atoms with E-state index in [1.54, 1.807) is 0 Å². The van der Waals surface area contributed by atoms with Crippen LogP contribution >= 0.6 is 0 Å². The maximum atomic E-state index is 13.7. The Bertz CT molecular complexity index is 612. The molecule has 1 heterocycles. The second-order valence-corrected chi connectivity index (χ2v) is 7.91. The second-order valence-electron chi connectivity index (χ2n) is 6.00. The van der Waals surface area contributed by atoms with Crippen LogP contribution in [0, 0.1) is 17.6 Å². The lowest BCUT2D eigenvalue weighted by Crippen LogP contribution is -2.49. The zero-order valence-electron chi connectivity index (χ0n) is 12.9. The lowest BCUT2D eigenvalue weighted by molar-refractivity contribution is 0.180. The molecule has 1 fully saturated rings. The highest BCUT2D eigenvalue weighted by Crippen LogP contribution is 2.21. The summed E-state index contributed by atoms with van der Waals surface area (Å²) in [7, 11) is -3.90. The van der Waals surface area contributed by atoms with Crippen LogP contribution in [-0.4, -0.2) is 50.3 Å². The van der Waals surface area contributed by atoms with Crippen LogP contribution in [0.2, 0.25) is 0 Å². The summed E-state index contributed by atoms with van der Waals surface area (Å²) < 4.78 is 52.8. The van der Waals surface area contributed by atoms with Crippen LogP contribution in [0.1, 0.15) is 20.3 Å². The van der Waals surface area contributed by atoms with E-state index in [2.05, 4.69) is 18.7 Å². The van der Waals surface area contributed by atoms with Crippen LogP contribution in [0.3, 0.4) is 0 Å². The van der Waals surface area contributed by atoms with Gasteiger partial charge in [0.05, 0.1) is 0 Å². The third-order valence-electron chi connectivity index (χ3n) is 3.87. The number of halogens is 2. The first-order chi connectivity index (χ1) is 10.3. The molecule has 0 aromatic heterocycles. The Labute approximate surface area is 130 Å². The average Bonchev–Trinajstić information content (AvgIpc) is 2.45. The molecular weight excluding hydrogens is 310 g/mol. The van der Waals surface area contributed by atoms with Gasteiger partial charge in [0.25, 0.3) is 0 Å². The van der Waals surface area contributed by atoms with E-state index in [4.69, 9.17) is 0 Å². The fraction of sp³-hybridized carbons (Fsp3) is 0.600. The Morgan fingerprint density at radius 3 is 2.32 bits per heavy atom. The molecule has 0 amide bonds. The number of hydrogen-bond donors (Lipinski definition) is 0. The molecule has 1 aromatic carbocycles. The highest BCUT2D eigenvalue weighted by Gasteiger charge is 2.30. The molecule has 124 valence electrons. The van der Waals surface area contributed by atoms with Crippen LogP contribution < -0.4 is 0 Å². The third kappa shape index (κ3) is 4.02. The first-order valence-electron chi connectivity index (χ1n) is 7.48. The SMILES string of the molecule is CC(C)CCN1CCN(S(=O)(=O)c2ccc(F)cc2F)CC1. The maximum Gasteiger partial charge on any atom is 0.246 e. The van der Waals surface area contributed by atoms with Crippen molar-refractivity contribution in [3.05, 3.63) is 29.8 Å². The van der Waals surface area contributed by atoms with Crippen molar-refractivity contribution >= 4 is 10.0 Å². The van der Waals surface area contributed by atoms with Crippen LogP contribution in [0.25, 0.3) is 0 Å². The quantitative estimate of drug-likeness (QED) is 0.831. The van der Waals surface area contributed by atoms with Crippen molar-refractivity contribution in [2.24, 2.45) is 5.92 Å². The lowest BCUT2D eigenvalue weighted by atomic mass is 10.1. The van der Waals surface area contributed by atoms with Crippen LogP contribution in [0.4, 0.5) is 8.78 Å². The number of nitrogens with zero attached hydrogens (tertiary/aromatic N) is 2. The smallest absolute Gasteiger partial charge is 0.246 e. The molecule has 0 unspecified atom stereocenters. The fourth-order valence-electron chi connectivity index (χ4n) is 2.46. The van der Waals surface area contributed by atoms with E-state index in [1.807, 2.05) is 0 Å². The number of benzene rings is 1. The first-order valence-corrected chi connectivity index (χ1v) is 8.92. The summed E-state index contributed by atoms with van der Waals surface area (Å²) in [5.74, 6) is -1.22. The Morgan fingerprint density at radius 2 is 1.77 bits per heavy atom. The zero-order valence-corrected chi connectivity index (χ0v) is 13.7. The van der Waals surface area contributed by atoms with Gasteiger partial charge in [0, 0.05) is 32.2 Å². The monoisotopic (exact) mass is 332 g/mol. The number of rotatable bonds is 5. The van der Waals surface area contributed by atoms with Gasteiger partial charge in [-0.1, -0.05) is 13.8 Å². The number of piperazine rings is 1. The molecule has 1 aliphatic heterocycles. The van der Waals surface area contributed by atoms with E-state index >= 15 is 0 Å². The van der Waals surface area contributed by atoms with Crippen LogP contribution in [0.5, 0.6) is 0 Å². The second kappa shape index (κ2) is 7.02. The average molecular weight is 332 g/mol. The standard InChI is InChI=1S/C15H22F2N2O2S/c1-12(2)5-6-18-7-9-19(10-8-18)22(20,21)15-4-3-13(16)11-14(15)17/h3-4,11-12H,5-10H2,1-2H3. The summed E-state index contributed by atoms with van der Waals surface area (Å²) >= 11 is 0. The minimum atomic E-state index is -3.90. The predicted molar refractivity (Wildman–Crippen MR) is 81.0 cm³/mol. The highest BCUT2D eigenvalue weighted by molar-refractivity contribution is 7.89. The third-order valence-corrected chi connectivity index (χ3v) is 5.80. The molecule has 0 spiro atoms. The zero-order chi connectivity index (χ0) is 16.3. The minimum absolute atomic E-state index is 0.331. The Balaban J connectivity index is 2.03. The van der Waals surface area contributed by atoms with Gasteiger partial charge < -0.3 is 4.90 Å². The van der Waals surface area contributed by atoms with Gasteiger partial charge >= 0.3 is 0 Å². The van der Waals surface area contributed by atoms with Crippen molar-refractivity contribution in [1.29, 1.82) is 0 Å². The summed E-state index contributed by atoms with van der Waals surface area (Å²) in [6, 6.07) is 2.56. The van der Waals surface area contributed by atoms with Crippen molar-refractivity contribution in [3.63, 3.8) is 0 Å². The molecule has 2 rings (SSSR count). The molecule has 0 atom stereocenters. The number of sulfonamides is 1. The fourth-order valence-corrected chi connectivity index (χ4v) is 3.93. The van der Waals surface area contributed by atoms with Crippen molar-refractivity contribution < 1.29 is 17.2 Å². The largest absolute Gasteiger partial charge is 0.301 e. The summed E-state index contributed by atoms with van der Waals surface area (Å²) in [6.45, 7) is 7.17. The highest BCUT2D eigenvalue weighted by atomic mass is 32.2. The Morgan fingerprint density at radius 1 is 1.14 bits per heavy atom. The molecule has 0 radical (unpaired) electrons. The van der Waals surface area contributed by atoms with Crippen molar-refractivity contribution in [2.45, 2.75) is 25.2 Å². The lowest BCUT2D eigenvalue weighted by Gasteiger charge is -2.34. The predicted octanol–water partition coefficient (Wildman–Crippen LogP) is 2.32. The normalized spacial score (nSPS) is 18.0. The topological polar surface area (TPSA) is 40.6 Å². The molecule has 1 saturated heterocycles. The maximum absolute atomic E-state index is 13.7. The van der Waals surface area contributed by atoms with E-state index in [9.17, 15) is 17.2 Å². The summed E-state index contributed by atoms with van der Waals surface area (Å²) in [4.78, 5) is 1.76. The summed E-state index contributed by atoms with van der Waals surface area (Å²) in [6.07, 6.45) is 1.07. The molecular formula is C15H22F2N2O2S. The molecule has 0 bridgehead atoms. The molecule has 4 nitrogen and oxygen atoms in total. The summed E-state index contributed by atoms with van der Waals surface area (Å²) in [5.41, 5.74) is 0. The van der Waals surface area contributed by atoms with Crippen LogP contribution in [-0.2, 0) is 10.0 Å². The van der Waals surface area contributed by atoms with Gasteiger partial charge in [0.2, 0.25) is 10.0 Å². The van der Waals surface area contributed by atoms with E-state index in [-0.39, 0.29) is 0 Å². The van der Waals surface area contributed by atoms with E-state index in [1.165, 1.54) is 4.31 Å². The van der Waals surface area contributed by atoms with E-state index in [0.29, 0.717) is 38.2 Å². The van der Waals surface area contributed by atoms with Crippen molar-refractivity contribution in [2.75, 3.05) is 32.7 Å². The summed E-state index contributed by atoms with van der Waals surface area (Å²) in [5, 5.41) is 0. The molecule has 1 aromatic rings. The molecule has 22 heavy (non-hydrogen) atoms. The molecule has 1 aliphatic rings. The van der Waals surface area contributed by atoms with Crippen molar-refractivity contribution in [3.8, 4) is 0 Å². The molecule has 0 aliphatic carbocycles. The van der Waals surface area contributed by atoms with Gasteiger partial charge in [0.1, 0.15) is 16.5 Å². The first kappa shape index (κ1) is 17.3. The molecule has 7 heteroatoms. The van der Waals surface area contributed by atoms with Gasteiger partial charge in [-0.15, -0.1) is 0 Å². The molecule has 0 N–H and O–H groups in total. The van der Waals surface area contributed by atoms with Gasteiger partial charge in [-0.25, -0.2) is 17.2 Å². The van der Waals surface area contributed by atoms with Gasteiger partial charge in [-0.05, 0) is 31.0 Å². The van der Waals surface area contributed by atoms with Gasteiger partial charge in [0.15, 0.2) is 0 Å². The van der Waals surface area contributed by atoms with Crippen LogP contribution in [0.15, 0.2) is 23.1 Å². The van der Waals surface area contributed by atoms with Gasteiger partial charge in [-0.2, -0.15) is 4.31 Å². The Hall–Kier alpha value is -1.05. The Kier molecular flexibility index (Phi) is 5.52. The van der Waals surface area contributed by atoms with E-state index < -0.39 is 26.6 Å². The minimum Gasteiger partial charge on any atom is -0.301 e. The van der Waals surface area contributed by atoms with Gasteiger partial charge in [-0.3, -0.25) is 0 Å². The van der Waals surface area contributed by atoms with E-state index in [0.717, 1.165) is 25.1 Å².